The summed E-state index contributed by atoms with van der Waals surface area (Å²) >= 11 is 0. The van der Waals surface area contributed by atoms with Crippen LogP contribution in [-0.4, -0.2) is 30.6 Å². The minimum Gasteiger partial charge on any atom is -0.497 e. The molecule has 1 aromatic carbocycles. The molecule has 2 saturated heterocycles. The first kappa shape index (κ1) is 14.2. The Morgan fingerprint density at radius 3 is 2.68 bits per heavy atom. The van der Waals surface area contributed by atoms with Crippen LogP contribution in [0.4, 0.5) is 0 Å². The minimum atomic E-state index is 0. The van der Waals surface area contributed by atoms with Crippen molar-refractivity contribution in [1.29, 1.82) is 5.41 Å². The Labute approximate surface area is 124 Å². The molecule has 2 fully saturated rings. The van der Waals surface area contributed by atoms with Crippen LogP contribution in [0.1, 0.15) is 30.9 Å². The van der Waals surface area contributed by atoms with Gasteiger partial charge in [-0.1, -0.05) is 12.1 Å². The molecule has 0 bridgehead atoms. The molecule has 4 nitrogen and oxygen atoms in total. The number of rotatable bonds is 2. The fourth-order valence-corrected chi connectivity index (χ4v) is 2.87. The maximum atomic E-state index is 7.91. The smallest absolute Gasteiger partial charge is 0.285 e. The van der Waals surface area contributed by atoms with Crippen LogP contribution < -0.4 is 4.74 Å². The lowest BCUT2D eigenvalue weighted by atomic mass is 9.94. The fourth-order valence-electron chi connectivity index (χ4n) is 2.87. The van der Waals surface area contributed by atoms with E-state index in [2.05, 4.69) is 4.90 Å². The number of hydrogen-bond acceptors (Lipinski definition) is 3. The number of ether oxygens (including phenoxy) is 2. The summed E-state index contributed by atoms with van der Waals surface area (Å²) in [7, 11) is 1.67. The van der Waals surface area contributed by atoms with Crippen molar-refractivity contribution in [3.05, 3.63) is 29.8 Å². The zero-order valence-electron chi connectivity index (χ0n) is 11.0. The molecule has 1 N–H and O–H groups in total. The maximum Gasteiger partial charge on any atom is 0.285 e. The van der Waals surface area contributed by atoms with Gasteiger partial charge in [-0.3, -0.25) is 5.41 Å². The van der Waals surface area contributed by atoms with Gasteiger partial charge in [0.2, 0.25) is 0 Å². The number of nitrogens with one attached hydrogen (secondary N) is 1. The Morgan fingerprint density at radius 2 is 2.00 bits per heavy atom. The molecule has 104 valence electrons. The zero-order valence-corrected chi connectivity index (χ0v) is 12.7. The second-order valence-electron chi connectivity index (χ2n) is 4.87. The van der Waals surface area contributed by atoms with Crippen molar-refractivity contribution in [2.75, 3.05) is 13.7 Å². The van der Waals surface area contributed by atoms with E-state index in [4.69, 9.17) is 14.9 Å². The highest BCUT2D eigenvalue weighted by atomic mass is 79.9. The molecule has 2 heterocycles. The average Bonchev–Trinajstić information content (AvgIpc) is 2.77. The van der Waals surface area contributed by atoms with Crippen LogP contribution in [0.25, 0.3) is 0 Å². The van der Waals surface area contributed by atoms with Gasteiger partial charge in [-0.05, 0) is 37.0 Å². The average molecular weight is 327 g/mol. The summed E-state index contributed by atoms with van der Waals surface area (Å²) in [6.07, 6.45) is 3.50. The van der Waals surface area contributed by atoms with E-state index in [1.165, 1.54) is 6.42 Å². The molecule has 2 aliphatic heterocycles. The number of hydrogen-bond donors (Lipinski definition) is 1. The number of nitrogens with zero attached hydrogens (tertiary/aromatic N) is 1. The van der Waals surface area contributed by atoms with E-state index in [0.717, 1.165) is 30.7 Å². The summed E-state index contributed by atoms with van der Waals surface area (Å²) in [5.74, 6) is 0.854. The minimum absolute atomic E-state index is 0. The summed E-state index contributed by atoms with van der Waals surface area (Å²) in [5, 5.41) is 7.91. The van der Waals surface area contributed by atoms with Crippen LogP contribution >= 0.6 is 17.0 Å². The van der Waals surface area contributed by atoms with Gasteiger partial charge < -0.3 is 14.4 Å². The van der Waals surface area contributed by atoms with Crippen molar-refractivity contribution in [2.45, 2.75) is 31.4 Å². The van der Waals surface area contributed by atoms with Crippen molar-refractivity contribution < 1.29 is 9.47 Å². The first-order chi connectivity index (χ1) is 8.79. The van der Waals surface area contributed by atoms with Crippen LogP contribution in [0.15, 0.2) is 24.3 Å². The molecular weight excluding hydrogens is 308 g/mol. The molecule has 0 aromatic heterocycles. The van der Waals surface area contributed by atoms with Gasteiger partial charge in [0.15, 0.2) is 0 Å². The van der Waals surface area contributed by atoms with Gasteiger partial charge in [-0.2, -0.15) is 0 Å². The summed E-state index contributed by atoms with van der Waals surface area (Å²) in [6.45, 7) is 0.955. The normalized spacial score (nSPS) is 25.3. The van der Waals surface area contributed by atoms with Crippen molar-refractivity contribution in [2.24, 2.45) is 0 Å². The lowest BCUT2D eigenvalue weighted by molar-refractivity contribution is 0.167. The Balaban J connectivity index is 0.00000133. The number of amidine groups is 1. The molecule has 0 aliphatic carbocycles. The van der Waals surface area contributed by atoms with Crippen LogP contribution in [0.3, 0.4) is 0 Å². The van der Waals surface area contributed by atoms with Gasteiger partial charge in [0.05, 0.1) is 13.2 Å². The first-order valence-electron chi connectivity index (χ1n) is 6.45. The summed E-state index contributed by atoms with van der Waals surface area (Å²) in [6, 6.07) is 8.64. The highest BCUT2D eigenvalue weighted by Gasteiger charge is 2.41. The Morgan fingerprint density at radius 1 is 1.26 bits per heavy atom. The van der Waals surface area contributed by atoms with E-state index in [1.54, 1.807) is 7.11 Å². The number of benzene rings is 1. The van der Waals surface area contributed by atoms with E-state index in [-0.39, 0.29) is 23.1 Å². The van der Waals surface area contributed by atoms with Crippen LogP contribution in [0.2, 0.25) is 0 Å². The molecule has 0 amide bonds. The second-order valence-corrected chi connectivity index (χ2v) is 4.87. The molecule has 0 unspecified atom stereocenters. The topological polar surface area (TPSA) is 45.6 Å². The molecule has 3 rings (SSSR count). The summed E-state index contributed by atoms with van der Waals surface area (Å²) < 4.78 is 10.9. The number of methoxy groups -OCH3 is 1. The highest BCUT2D eigenvalue weighted by Crippen LogP contribution is 2.37. The van der Waals surface area contributed by atoms with Gasteiger partial charge >= 0.3 is 0 Å². The zero-order chi connectivity index (χ0) is 12.5. The molecule has 5 heteroatoms. The van der Waals surface area contributed by atoms with Crippen molar-refractivity contribution >= 4 is 23.0 Å². The van der Waals surface area contributed by atoms with Crippen molar-refractivity contribution in [3.63, 3.8) is 0 Å². The molecule has 0 saturated carbocycles. The first-order valence-corrected chi connectivity index (χ1v) is 6.45. The fraction of sp³-hybridized carbons (Fsp3) is 0.500. The predicted molar refractivity (Wildman–Crippen MR) is 79.2 cm³/mol. The third-order valence-electron chi connectivity index (χ3n) is 3.84. The van der Waals surface area contributed by atoms with E-state index in [0.29, 0.717) is 12.1 Å². The monoisotopic (exact) mass is 326 g/mol. The lowest BCUT2D eigenvalue weighted by Gasteiger charge is -2.29. The largest absolute Gasteiger partial charge is 0.497 e. The number of halogens is 1. The van der Waals surface area contributed by atoms with E-state index in [9.17, 15) is 0 Å². The Hall–Kier alpha value is -1.23. The molecular formula is C14H19BrN2O2. The van der Waals surface area contributed by atoms with E-state index in [1.807, 2.05) is 24.3 Å². The van der Waals surface area contributed by atoms with Crippen LogP contribution in [-0.2, 0) is 4.74 Å². The summed E-state index contributed by atoms with van der Waals surface area (Å²) in [5.41, 5.74) is 1.13. The standard InChI is InChI=1S/C14H18N2O2.BrH/c1-17-11-7-5-10(6-8-11)13-12-4-2-3-9-16(12)14(15)18-13;/h5-8,12-13,15H,2-4,9H2,1H3;1H/t12-,13-;/m1./s1. The van der Waals surface area contributed by atoms with Crippen LogP contribution in [0, 0.1) is 5.41 Å². The molecule has 2 atom stereocenters. The van der Waals surface area contributed by atoms with Gasteiger partial charge in [-0.25, -0.2) is 0 Å². The van der Waals surface area contributed by atoms with Gasteiger partial charge in [0.25, 0.3) is 6.02 Å². The third-order valence-corrected chi connectivity index (χ3v) is 3.84. The predicted octanol–water partition coefficient (Wildman–Crippen LogP) is 3.13. The molecule has 0 radical (unpaired) electrons. The quantitative estimate of drug-likeness (QED) is 0.908. The summed E-state index contributed by atoms with van der Waals surface area (Å²) in [4.78, 5) is 2.10. The maximum absolute atomic E-state index is 7.91. The van der Waals surface area contributed by atoms with Crippen molar-refractivity contribution in [1.82, 2.24) is 4.90 Å². The Kier molecular flexibility index (Phi) is 4.34. The lowest BCUT2D eigenvalue weighted by Crippen LogP contribution is -2.38. The number of fused-ring (bicyclic) bond motifs is 1. The van der Waals surface area contributed by atoms with Gasteiger partial charge in [0.1, 0.15) is 11.9 Å². The second kappa shape index (κ2) is 5.82. The molecule has 0 spiro atoms. The van der Waals surface area contributed by atoms with Gasteiger partial charge in [-0.15, -0.1) is 17.0 Å². The molecule has 2 aliphatic rings. The van der Waals surface area contributed by atoms with Crippen molar-refractivity contribution in [3.8, 4) is 5.75 Å². The third kappa shape index (κ3) is 2.56. The van der Waals surface area contributed by atoms with E-state index >= 15 is 0 Å². The van der Waals surface area contributed by atoms with Gasteiger partial charge in [0, 0.05) is 6.54 Å². The van der Waals surface area contributed by atoms with E-state index < -0.39 is 0 Å². The molecule has 19 heavy (non-hydrogen) atoms. The Bertz CT molecular complexity index is 449. The van der Waals surface area contributed by atoms with Crippen LogP contribution in [0.5, 0.6) is 5.75 Å². The number of piperidine rings is 1. The highest BCUT2D eigenvalue weighted by molar-refractivity contribution is 8.93. The molecule has 1 aromatic rings. The SMILES string of the molecule is Br.COc1ccc([C@H]2OC(=N)N3CCCC[C@H]23)cc1.